The predicted molar refractivity (Wildman–Crippen MR) is 143 cm³/mol. The van der Waals surface area contributed by atoms with Gasteiger partial charge in [0.05, 0.1) is 7.11 Å². The topological polar surface area (TPSA) is 76.2 Å². The van der Waals surface area contributed by atoms with Crippen molar-refractivity contribution in [3.8, 4) is 11.8 Å². The maximum Gasteiger partial charge on any atom is 0.409 e. The van der Waals surface area contributed by atoms with E-state index in [1.807, 2.05) is 36.1 Å². The minimum absolute atomic E-state index is 0.0703. The van der Waals surface area contributed by atoms with Crippen LogP contribution < -0.4 is 0 Å². The number of benzene rings is 1. The molecular formula is C30H42N2O5. The molecule has 37 heavy (non-hydrogen) atoms. The van der Waals surface area contributed by atoms with Crippen molar-refractivity contribution in [2.24, 2.45) is 5.92 Å². The van der Waals surface area contributed by atoms with Crippen molar-refractivity contribution < 1.29 is 23.9 Å². The monoisotopic (exact) mass is 510 g/mol. The van der Waals surface area contributed by atoms with Gasteiger partial charge in [0, 0.05) is 50.0 Å². The molecule has 3 unspecified atom stereocenters. The number of esters is 1. The van der Waals surface area contributed by atoms with Crippen LogP contribution in [0.5, 0.6) is 0 Å². The molecular weight excluding hydrogens is 468 g/mol. The average molecular weight is 511 g/mol. The van der Waals surface area contributed by atoms with E-state index >= 15 is 0 Å². The van der Waals surface area contributed by atoms with Crippen molar-refractivity contribution in [3.63, 3.8) is 0 Å². The first kappa shape index (κ1) is 28.6. The fraction of sp³-hybridized carbons (Fsp3) is 0.633. The van der Waals surface area contributed by atoms with Crippen LogP contribution in [0.1, 0.15) is 82.8 Å². The van der Waals surface area contributed by atoms with Crippen molar-refractivity contribution in [3.05, 3.63) is 35.4 Å². The molecule has 0 N–H and O–H groups in total. The van der Waals surface area contributed by atoms with Crippen LogP contribution in [-0.4, -0.2) is 66.2 Å². The molecule has 0 radical (unpaired) electrons. The van der Waals surface area contributed by atoms with E-state index in [4.69, 9.17) is 9.47 Å². The predicted octanol–water partition coefficient (Wildman–Crippen LogP) is 5.09. The highest BCUT2D eigenvalue weighted by molar-refractivity contribution is 5.77. The van der Waals surface area contributed by atoms with Crippen LogP contribution in [0, 0.1) is 24.7 Å². The van der Waals surface area contributed by atoms with Crippen LogP contribution >= 0.6 is 0 Å². The zero-order valence-corrected chi connectivity index (χ0v) is 22.9. The van der Waals surface area contributed by atoms with Crippen molar-refractivity contribution >= 4 is 18.0 Å². The molecule has 0 spiro atoms. The van der Waals surface area contributed by atoms with E-state index < -0.39 is 5.60 Å². The van der Waals surface area contributed by atoms with Crippen LogP contribution in [0.15, 0.2) is 24.3 Å². The molecule has 1 saturated carbocycles. The first-order valence-electron chi connectivity index (χ1n) is 13.8. The minimum atomic E-state index is -0.965. The van der Waals surface area contributed by atoms with E-state index in [1.54, 1.807) is 4.90 Å². The van der Waals surface area contributed by atoms with Crippen molar-refractivity contribution in [1.29, 1.82) is 0 Å². The number of fused-ring (bicyclic) bond motifs is 1. The van der Waals surface area contributed by atoms with Gasteiger partial charge in [0.25, 0.3) is 0 Å². The maximum atomic E-state index is 13.1. The quantitative estimate of drug-likeness (QED) is 0.342. The van der Waals surface area contributed by atoms with E-state index in [9.17, 15) is 14.4 Å². The summed E-state index contributed by atoms with van der Waals surface area (Å²) in [5.41, 5.74) is 1.02. The van der Waals surface area contributed by atoms with Gasteiger partial charge in [-0.3, -0.25) is 9.59 Å². The van der Waals surface area contributed by atoms with Gasteiger partial charge in [0.1, 0.15) is 0 Å². The number of nitrogens with zero attached hydrogens (tertiary/aromatic N) is 2. The highest BCUT2D eigenvalue weighted by atomic mass is 16.6. The summed E-state index contributed by atoms with van der Waals surface area (Å²) >= 11 is 0. The molecule has 2 aliphatic rings. The first-order valence-corrected chi connectivity index (χ1v) is 13.8. The fourth-order valence-electron chi connectivity index (χ4n) is 5.76. The summed E-state index contributed by atoms with van der Waals surface area (Å²) in [4.78, 5) is 41.8. The maximum absolute atomic E-state index is 13.1. The number of amides is 2. The molecule has 0 aromatic heterocycles. The number of ether oxygens (including phenoxy) is 2. The molecule has 1 heterocycles. The Hall–Kier alpha value is -3.01. The summed E-state index contributed by atoms with van der Waals surface area (Å²) in [5.74, 6) is 6.31. The van der Waals surface area contributed by atoms with E-state index in [2.05, 4.69) is 25.7 Å². The lowest BCUT2D eigenvalue weighted by molar-refractivity contribution is -0.163. The number of likely N-dealkylation sites (tertiary alicyclic amines) is 1. The fourth-order valence-corrected chi connectivity index (χ4v) is 5.76. The Morgan fingerprint density at radius 3 is 2.57 bits per heavy atom. The second-order valence-corrected chi connectivity index (χ2v) is 10.2. The summed E-state index contributed by atoms with van der Waals surface area (Å²) in [6, 6.07) is 7.89. The van der Waals surface area contributed by atoms with Crippen LogP contribution in [0.4, 0.5) is 4.79 Å². The lowest BCUT2D eigenvalue weighted by Crippen LogP contribution is -2.51. The Morgan fingerprint density at radius 2 is 1.89 bits per heavy atom. The lowest BCUT2D eigenvalue weighted by Gasteiger charge is -2.42. The molecule has 2 amide bonds. The van der Waals surface area contributed by atoms with Gasteiger partial charge in [0.15, 0.2) is 5.60 Å². The summed E-state index contributed by atoms with van der Waals surface area (Å²) in [6.45, 7) is 8.20. The summed E-state index contributed by atoms with van der Waals surface area (Å²) in [6.07, 6.45) is 5.42. The zero-order chi connectivity index (χ0) is 26.8. The highest BCUT2D eigenvalue weighted by Gasteiger charge is 2.53. The third-order valence-corrected chi connectivity index (χ3v) is 7.45. The van der Waals surface area contributed by atoms with Crippen LogP contribution in [0.3, 0.4) is 0 Å². The number of hydrogen-bond donors (Lipinski definition) is 0. The van der Waals surface area contributed by atoms with Crippen molar-refractivity contribution in [2.75, 3.05) is 26.7 Å². The minimum Gasteiger partial charge on any atom is -0.453 e. The van der Waals surface area contributed by atoms with Crippen LogP contribution in [-0.2, 0) is 19.1 Å². The molecule has 1 aromatic carbocycles. The Bertz CT molecular complexity index is 1010. The Kier molecular flexibility index (Phi) is 10.4. The largest absolute Gasteiger partial charge is 0.453 e. The molecule has 1 aliphatic heterocycles. The molecule has 3 rings (SSSR count). The summed E-state index contributed by atoms with van der Waals surface area (Å²) in [5, 5.41) is 0. The Balaban J connectivity index is 1.76. The number of methoxy groups -OCH3 is 1. The first-order chi connectivity index (χ1) is 17.8. The van der Waals surface area contributed by atoms with Crippen LogP contribution in [0.25, 0.3) is 0 Å². The van der Waals surface area contributed by atoms with Gasteiger partial charge in [0.2, 0.25) is 5.91 Å². The van der Waals surface area contributed by atoms with Gasteiger partial charge in [-0.25, -0.2) is 4.79 Å². The molecule has 7 nitrogen and oxygen atoms in total. The van der Waals surface area contributed by atoms with E-state index in [0.29, 0.717) is 32.2 Å². The molecule has 1 aliphatic carbocycles. The average Bonchev–Trinajstić information content (AvgIpc) is 3.33. The second-order valence-electron chi connectivity index (χ2n) is 10.2. The number of aryl methyl sites for hydroxylation is 1. The van der Waals surface area contributed by atoms with Gasteiger partial charge in [-0.15, -0.1) is 0 Å². The molecule has 202 valence electrons. The third kappa shape index (κ3) is 7.28. The summed E-state index contributed by atoms with van der Waals surface area (Å²) in [7, 11) is 1.40. The smallest absolute Gasteiger partial charge is 0.409 e. The number of rotatable bonds is 9. The zero-order valence-electron chi connectivity index (χ0n) is 22.9. The molecule has 3 atom stereocenters. The van der Waals surface area contributed by atoms with Gasteiger partial charge >= 0.3 is 12.1 Å². The van der Waals surface area contributed by atoms with Crippen LogP contribution in [0.2, 0.25) is 0 Å². The summed E-state index contributed by atoms with van der Waals surface area (Å²) < 4.78 is 11.2. The Labute approximate surface area is 221 Å². The third-order valence-electron chi connectivity index (χ3n) is 7.45. The Morgan fingerprint density at radius 1 is 1.14 bits per heavy atom. The SMILES string of the molecule is CCCN(CCC)C(=O)CCCC(=O)OC1(C#Cc2cccc(C)c2)CCCC2C1CCN2C(=O)OC. The highest BCUT2D eigenvalue weighted by Crippen LogP contribution is 2.45. The normalized spacial score (nSPS) is 22.4. The van der Waals surface area contributed by atoms with Gasteiger partial charge < -0.3 is 19.3 Å². The van der Waals surface area contributed by atoms with Gasteiger partial charge in [-0.05, 0) is 75.5 Å². The van der Waals surface area contributed by atoms with E-state index in [1.165, 1.54) is 7.11 Å². The van der Waals surface area contributed by atoms with E-state index in [-0.39, 0.29) is 36.4 Å². The van der Waals surface area contributed by atoms with Gasteiger partial charge in [-0.2, -0.15) is 0 Å². The number of carbonyl (C=O) groups excluding carboxylic acids is 3. The lowest BCUT2D eigenvalue weighted by atomic mass is 9.72. The molecule has 1 saturated heterocycles. The molecule has 1 aromatic rings. The standard InChI is InChI=1S/C30H42N2O5/c1-5-19-31(20-6-2)27(33)13-8-14-28(34)37-30(18-15-24-11-7-10-23(3)22-24)17-9-12-26-25(30)16-21-32(26)29(35)36-4/h7,10-11,22,25-26H,5-6,8-9,12-14,16-17,19-21H2,1-4H3. The molecule has 7 heteroatoms. The van der Waals surface area contributed by atoms with Gasteiger partial charge in [-0.1, -0.05) is 31.9 Å². The number of carbonyl (C=O) groups is 3. The second kappa shape index (κ2) is 13.5. The number of hydrogen-bond acceptors (Lipinski definition) is 5. The molecule has 2 fully saturated rings. The van der Waals surface area contributed by atoms with Crippen molar-refractivity contribution in [1.82, 2.24) is 9.80 Å². The van der Waals surface area contributed by atoms with E-state index in [0.717, 1.165) is 49.9 Å². The molecule has 0 bridgehead atoms. The van der Waals surface area contributed by atoms with Crippen molar-refractivity contribution in [2.45, 2.75) is 90.2 Å².